The van der Waals surface area contributed by atoms with E-state index in [9.17, 15) is 19.7 Å². The Labute approximate surface area is 178 Å². The van der Waals surface area contributed by atoms with Crippen molar-refractivity contribution in [2.24, 2.45) is 0 Å². The zero-order valence-corrected chi connectivity index (χ0v) is 16.8. The van der Waals surface area contributed by atoms with Crippen molar-refractivity contribution in [1.29, 1.82) is 0 Å². The van der Waals surface area contributed by atoms with Gasteiger partial charge in [-0.05, 0) is 59.6 Å². The second-order valence-corrected chi connectivity index (χ2v) is 7.80. The van der Waals surface area contributed by atoms with Crippen LogP contribution in [-0.2, 0) is 9.59 Å². The third kappa shape index (κ3) is 3.51. The molecule has 4 rings (SSSR count). The Balaban J connectivity index is 1.79. The summed E-state index contributed by atoms with van der Waals surface area (Å²) in [5.74, 6) is -1.22. The van der Waals surface area contributed by atoms with E-state index in [1.165, 1.54) is 34.4 Å². The number of rotatable bonds is 3. The zero-order chi connectivity index (χ0) is 20.7. The van der Waals surface area contributed by atoms with Gasteiger partial charge in [-0.15, -0.1) is 11.3 Å². The van der Waals surface area contributed by atoms with Crippen LogP contribution in [0.25, 0.3) is 16.2 Å². The fourth-order valence-corrected chi connectivity index (χ4v) is 4.21. The monoisotopic (exact) mass is 443 g/mol. The molecule has 1 fully saturated rings. The number of nitro benzene ring substituents is 1. The van der Waals surface area contributed by atoms with Crippen LogP contribution in [0.3, 0.4) is 0 Å². The van der Waals surface area contributed by atoms with Gasteiger partial charge in [0.2, 0.25) is 0 Å². The number of anilines is 1. The summed E-state index contributed by atoms with van der Waals surface area (Å²) in [7, 11) is 0. The molecule has 0 spiro atoms. The van der Waals surface area contributed by atoms with Crippen LogP contribution in [0.1, 0.15) is 5.56 Å². The van der Waals surface area contributed by atoms with Crippen molar-refractivity contribution >= 4 is 79.6 Å². The maximum Gasteiger partial charge on any atom is 0.270 e. The van der Waals surface area contributed by atoms with E-state index in [2.05, 4.69) is 5.32 Å². The van der Waals surface area contributed by atoms with Gasteiger partial charge in [0, 0.05) is 27.2 Å². The highest BCUT2D eigenvalue weighted by Gasteiger charge is 2.34. The predicted octanol–water partition coefficient (Wildman–Crippen LogP) is 4.29. The molecule has 10 heteroatoms. The molecule has 0 radical (unpaired) electrons. The van der Waals surface area contributed by atoms with E-state index in [-0.39, 0.29) is 16.4 Å². The zero-order valence-electron chi connectivity index (χ0n) is 14.4. The van der Waals surface area contributed by atoms with Gasteiger partial charge in [0.15, 0.2) is 5.11 Å². The van der Waals surface area contributed by atoms with Crippen molar-refractivity contribution in [3.05, 3.63) is 74.1 Å². The molecule has 0 saturated carbocycles. The Bertz CT molecular complexity index is 1230. The number of thiophene rings is 1. The number of hydrogen-bond donors (Lipinski definition) is 1. The summed E-state index contributed by atoms with van der Waals surface area (Å²) in [5.41, 5.74) is 0.802. The van der Waals surface area contributed by atoms with Gasteiger partial charge >= 0.3 is 0 Å². The van der Waals surface area contributed by atoms with Gasteiger partial charge in [-0.25, -0.2) is 0 Å². The van der Waals surface area contributed by atoms with Gasteiger partial charge < -0.3 is 0 Å². The molecule has 1 N–H and O–H groups in total. The fourth-order valence-electron chi connectivity index (χ4n) is 2.90. The number of nitrogens with one attached hydrogen (secondary N) is 1. The lowest BCUT2D eigenvalue weighted by atomic mass is 10.1. The summed E-state index contributed by atoms with van der Waals surface area (Å²) in [4.78, 5) is 37.3. The maximum absolute atomic E-state index is 13.0. The van der Waals surface area contributed by atoms with Crippen LogP contribution in [0.15, 0.2) is 53.4 Å². The van der Waals surface area contributed by atoms with Gasteiger partial charge in [-0.2, -0.15) is 0 Å². The Kier molecular flexibility index (Phi) is 4.87. The van der Waals surface area contributed by atoms with Gasteiger partial charge in [0.05, 0.1) is 10.6 Å². The molecule has 7 nitrogen and oxygen atoms in total. The number of thiocarbonyl (C=S) groups is 1. The van der Waals surface area contributed by atoms with Gasteiger partial charge in [0.1, 0.15) is 5.57 Å². The highest BCUT2D eigenvalue weighted by atomic mass is 35.5. The molecule has 0 bridgehead atoms. The molecule has 0 unspecified atom stereocenters. The maximum atomic E-state index is 13.0. The first kappa shape index (κ1) is 19.2. The topological polar surface area (TPSA) is 92.6 Å². The average molecular weight is 444 g/mol. The second-order valence-electron chi connectivity index (χ2n) is 6.06. The van der Waals surface area contributed by atoms with E-state index >= 15 is 0 Å². The number of carbonyl (C=O) groups excluding carboxylic acids is 2. The molecule has 2 aromatic carbocycles. The molecule has 144 valence electrons. The van der Waals surface area contributed by atoms with E-state index < -0.39 is 16.7 Å². The van der Waals surface area contributed by atoms with Crippen molar-refractivity contribution in [3.63, 3.8) is 0 Å². The number of nitrogens with zero attached hydrogens (tertiary/aromatic N) is 2. The SMILES string of the molecule is O=C1NC(=S)N(c2ccc(Cl)cc2)C(=O)C1=Cc1csc2ccc([N+](=O)[O-])cc12. The average Bonchev–Trinajstić information content (AvgIpc) is 3.08. The summed E-state index contributed by atoms with van der Waals surface area (Å²) in [6.45, 7) is 0. The van der Waals surface area contributed by atoms with Crippen molar-refractivity contribution in [1.82, 2.24) is 5.32 Å². The lowest BCUT2D eigenvalue weighted by Crippen LogP contribution is -2.54. The highest BCUT2D eigenvalue weighted by molar-refractivity contribution is 7.80. The molecule has 1 saturated heterocycles. The number of carbonyl (C=O) groups is 2. The molecular formula is C19H10ClN3O4S2. The number of benzene rings is 2. The summed E-state index contributed by atoms with van der Waals surface area (Å²) in [6.07, 6.45) is 1.42. The minimum Gasteiger partial charge on any atom is -0.298 e. The van der Waals surface area contributed by atoms with E-state index in [4.69, 9.17) is 23.8 Å². The van der Waals surface area contributed by atoms with Crippen LogP contribution in [-0.4, -0.2) is 21.9 Å². The Morgan fingerprint density at radius 3 is 2.59 bits per heavy atom. The summed E-state index contributed by atoms with van der Waals surface area (Å²) in [6, 6.07) is 10.9. The molecule has 1 aliphatic rings. The molecule has 2 amide bonds. The molecule has 0 atom stereocenters. The standard InChI is InChI=1S/C19H10ClN3O4S2/c20-11-1-3-12(4-2-11)22-18(25)15(17(24)21-19(22)28)7-10-9-29-16-6-5-13(23(26)27)8-14(10)16/h1-9H,(H,21,24,28). The molecule has 0 aliphatic carbocycles. The van der Waals surface area contributed by atoms with Crippen LogP contribution < -0.4 is 10.2 Å². The van der Waals surface area contributed by atoms with Crippen molar-refractivity contribution < 1.29 is 14.5 Å². The van der Waals surface area contributed by atoms with Gasteiger partial charge in [-0.1, -0.05) is 11.6 Å². The molecule has 1 aliphatic heterocycles. The summed E-state index contributed by atoms with van der Waals surface area (Å²) >= 11 is 12.4. The quantitative estimate of drug-likeness (QED) is 0.214. The summed E-state index contributed by atoms with van der Waals surface area (Å²) in [5, 5.41) is 16.4. The minimum absolute atomic E-state index is 0.0368. The predicted molar refractivity (Wildman–Crippen MR) is 116 cm³/mol. The smallest absolute Gasteiger partial charge is 0.270 e. The van der Waals surface area contributed by atoms with E-state index in [0.29, 0.717) is 21.7 Å². The van der Waals surface area contributed by atoms with E-state index in [1.54, 1.807) is 35.7 Å². The van der Waals surface area contributed by atoms with Crippen molar-refractivity contribution in [2.75, 3.05) is 4.90 Å². The van der Waals surface area contributed by atoms with Crippen molar-refractivity contribution in [2.45, 2.75) is 0 Å². The number of hydrogen-bond acceptors (Lipinski definition) is 6. The van der Waals surface area contributed by atoms with Crippen LogP contribution >= 0.6 is 35.2 Å². The first-order valence-corrected chi connectivity index (χ1v) is 9.84. The third-order valence-corrected chi connectivity index (χ3v) is 5.80. The Hall–Kier alpha value is -3.14. The molecule has 29 heavy (non-hydrogen) atoms. The number of amides is 2. The fraction of sp³-hybridized carbons (Fsp3) is 0. The largest absolute Gasteiger partial charge is 0.298 e. The third-order valence-electron chi connectivity index (χ3n) is 4.28. The van der Waals surface area contributed by atoms with Gasteiger partial charge in [-0.3, -0.25) is 29.9 Å². The number of halogens is 1. The minimum atomic E-state index is -0.630. The number of fused-ring (bicyclic) bond motifs is 1. The lowest BCUT2D eigenvalue weighted by Gasteiger charge is -2.28. The van der Waals surface area contributed by atoms with Crippen LogP contribution in [0.5, 0.6) is 0 Å². The normalized spacial score (nSPS) is 15.8. The van der Waals surface area contributed by atoms with E-state index in [0.717, 1.165) is 4.70 Å². The lowest BCUT2D eigenvalue weighted by molar-refractivity contribution is -0.384. The van der Waals surface area contributed by atoms with Crippen LogP contribution in [0.2, 0.25) is 5.02 Å². The Morgan fingerprint density at radius 2 is 1.90 bits per heavy atom. The first-order valence-electron chi connectivity index (χ1n) is 8.18. The number of nitro groups is 1. The van der Waals surface area contributed by atoms with Crippen LogP contribution in [0, 0.1) is 10.1 Å². The highest BCUT2D eigenvalue weighted by Crippen LogP contribution is 2.32. The van der Waals surface area contributed by atoms with E-state index in [1.807, 2.05) is 0 Å². The van der Waals surface area contributed by atoms with Gasteiger partial charge in [0.25, 0.3) is 17.5 Å². The first-order chi connectivity index (χ1) is 13.8. The van der Waals surface area contributed by atoms with Crippen molar-refractivity contribution in [3.8, 4) is 0 Å². The van der Waals surface area contributed by atoms with Crippen LogP contribution in [0.4, 0.5) is 11.4 Å². The number of non-ortho nitro benzene ring substituents is 1. The molecule has 3 aromatic rings. The molecular weight excluding hydrogens is 434 g/mol. The molecule has 2 heterocycles. The summed E-state index contributed by atoms with van der Waals surface area (Å²) < 4.78 is 0.802. The second kappa shape index (κ2) is 7.36. The Morgan fingerprint density at radius 1 is 1.17 bits per heavy atom. The molecule has 1 aromatic heterocycles.